The third-order valence-corrected chi connectivity index (χ3v) is 6.67. The van der Waals surface area contributed by atoms with Crippen LogP contribution in [0.2, 0.25) is 0 Å². The first kappa shape index (κ1) is 16.8. The van der Waals surface area contributed by atoms with Crippen LogP contribution in [0.15, 0.2) is 17.9 Å². The third-order valence-electron chi connectivity index (χ3n) is 2.37. The van der Waals surface area contributed by atoms with Crippen LogP contribution in [-0.4, -0.2) is 19.2 Å². The molecule has 0 heterocycles. The maximum absolute atomic E-state index is 12.5. The summed E-state index contributed by atoms with van der Waals surface area (Å²) >= 11 is 13.8. The van der Waals surface area contributed by atoms with E-state index >= 15 is 0 Å². The minimum absolute atomic E-state index is 0.0474. The van der Waals surface area contributed by atoms with Crippen LogP contribution in [0.3, 0.4) is 0 Å². The summed E-state index contributed by atoms with van der Waals surface area (Å²) in [5.74, 6) is 1.53. The molecule has 0 amide bonds. The fourth-order valence-electron chi connectivity index (χ4n) is 1.37. The van der Waals surface area contributed by atoms with Crippen LogP contribution < -0.4 is 0 Å². The summed E-state index contributed by atoms with van der Waals surface area (Å²) in [7, 11) is 5.59. The van der Waals surface area contributed by atoms with Crippen LogP contribution >= 0.6 is 63.7 Å². The molecule has 0 spiro atoms. The number of hydrogen-bond acceptors (Lipinski definition) is 1. The molecule has 18 heavy (non-hydrogen) atoms. The summed E-state index contributed by atoms with van der Waals surface area (Å²) in [6, 6.07) is 0. The molecule has 6 heteroatoms. The van der Waals surface area contributed by atoms with E-state index in [0.29, 0.717) is 14.5 Å². The van der Waals surface area contributed by atoms with Crippen molar-refractivity contribution in [2.75, 3.05) is 0 Å². The summed E-state index contributed by atoms with van der Waals surface area (Å²) in [6.07, 6.45) is 0. The molecule has 0 fully saturated rings. The molecule has 0 aliphatic heterocycles. The van der Waals surface area contributed by atoms with Crippen LogP contribution in [0.4, 0.5) is 0 Å². The predicted octanol–water partition coefficient (Wildman–Crippen LogP) is 5.28. The van der Waals surface area contributed by atoms with E-state index in [4.69, 9.17) is 7.49 Å². The van der Waals surface area contributed by atoms with Gasteiger partial charge in [-0.3, -0.25) is 0 Å². The molecule has 1 radical (unpaired) electrons. The van der Waals surface area contributed by atoms with Gasteiger partial charge in [0.1, 0.15) is 0 Å². The number of rotatable bonds is 2. The number of Topliss-reactive ketones (excluding diaryl/α,β-unsaturated/α-hetero) is 1. The molecule has 0 aromatic heterocycles. The summed E-state index contributed by atoms with van der Waals surface area (Å²) in [5, 5.41) is 0. The molecule has 1 rings (SSSR count). The summed E-state index contributed by atoms with van der Waals surface area (Å²) < 4.78 is 2.92. The first-order valence-corrected chi connectivity index (χ1v) is 8.25. The Morgan fingerprint density at radius 2 is 1.39 bits per heavy atom. The number of ketones is 1. The topological polar surface area (TPSA) is 17.1 Å². The van der Waals surface area contributed by atoms with Gasteiger partial charge in [-0.05, 0) is 0 Å². The maximum atomic E-state index is 12.5. The fourth-order valence-corrected chi connectivity index (χ4v) is 4.14. The van der Waals surface area contributed by atoms with E-state index < -0.39 is 5.41 Å². The van der Waals surface area contributed by atoms with Gasteiger partial charge in [0.25, 0.3) is 0 Å². The van der Waals surface area contributed by atoms with Crippen molar-refractivity contribution >= 4 is 83.0 Å². The Kier molecular flexibility index (Phi) is 5.62. The van der Waals surface area contributed by atoms with Gasteiger partial charge in [-0.1, -0.05) is 0 Å². The molecule has 0 saturated carbocycles. The minimum atomic E-state index is -0.460. The molecule has 0 atom stereocenters. The molecule has 1 nitrogen and oxygen atoms in total. The van der Waals surface area contributed by atoms with E-state index in [-0.39, 0.29) is 5.78 Å². The molecule has 0 aliphatic rings. The SMILES string of the molecule is [B]=Cc1c(Br)c(Br)c(C(=O)C(C)(C)C)c(Br)c1Br. The van der Waals surface area contributed by atoms with Crippen LogP contribution in [0.25, 0.3) is 0 Å². The van der Waals surface area contributed by atoms with Crippen LogP contribution in [0.5, 0.6) is 0 Å². The van der Waals surface area contributed by atoms with Crippen molar-refractivity contribution in [2.24, 2.45) is 5.41 Å². The second-order valence-corrected chi connectivity index (χ2v) is 7.96. The van der Waals surface area contributed by atoms with Crippen molar-refractivity contribution < 1.29 is 4.79 Å². The van der Waals surface area contributed by atoms with Crippen molar-refractivity contribution in [2.45, 2.75) is 20.8 Å². The second-order valence-electron chi connectivity index (χ2n) is 4.79. The summed E-state index contributed by atoms with van der Waals surface area (Å²) in [5.41, 5.74) is 0.934. The quantitative estimate of drug-likeness (QED) is 0.307. The van der Waals surface area contributed by atoms with Crippen LogP contribution in [0, 0.1) is 5.41 Å². The Morgan fingerprint density at radius 1 is 1.00 bits per heavy atom. The number of carbonyl (C=O) groups excluding carboxylic acids is 1. The van der Waals surface area contributed by atoms with Gasteiger partial charge >= 0.3 is 143 Å². The molecule has 1 aromatic rings. The van der Waals surface area contributed by atoms with Crippen molar-refractivity contribution in [1.82, 2.24) is 0 Å². The number of hydrogen-bond donors (Lipinski definition) is 0. The molecule has 0 unspecified atom stereocenters. The molecule has 0 saturated heterocycles. The number of benzene rings is 1. The summed E-state index contributed by atoms with van der Waals surface area (Å²) in [4.78, 5) is 12.5. The van der Waals surface area contributed by atoms with Crippen molar-refractivity contribution in [1.29, 1.82) is 0 Å². The van der Waals surface area contributed by atoms with E-state index in [1.807, 2.05) is 20.8 Å². The van der Waals surface area contributed by atoms with Crippen molar-refractivity contribution in [3.8, 4) is 0 Å². The standard InChI is InChI=1S/C12H10BBr4O/c1-12(2,3)11(18)6-9(16)7(14)5(4-13)8(15)10(6)17/h4H,1-3H3. The monoisotopic (exact) mass is 497 g/mol. The zero-order chi connectivity index (χ0) is 14.2. The predicted molar refractivity (Wildman–Crippen MR) is 91.9 cm³/mol. The molecule has 0 bridgehead atoms. The average molecular weight is 501 g/mol. The first-order valence-electron chi connectivity index (χ1n) is 5.08. The third kappa shape index (κ3) is 3.07. The molecule has 1 aromatic carbocycles. The fraction of sp³-hybridized carbons (Fsp3) is 0.333. The number of carbonyl (C=O) groups is 1. The molecule has 95 valence electrons. The van der Waals surface area contributed by atoms with E-state index in [2.05, 4.69) is 63.7 Å². The van der Waals surface area contributed by atoms with Gasteiger partial charge in [0.15, 0.2) is 0 Å². The van der Waals surface area contributed by atoms with Crippen molar-refractivity contribution in [3.05, 3.63) is 29.0 Å². The van der Waals surface area contributed by atoms with Gasteiger partial charge in [0.05, 0.1) is 0 Å². The normalized spacial score (nSPS) is 11.4. The Morgan fingerprint density at radius 3 is 1.67 bits per heavy atom. The molecular weight excluding hydrogens is 491 g/mol. The van der Waals surface area contributed by atoms with E-state index in [1.165, 1.54) is 5.97 Å². The number of halogens is 4. The molecule has 0 aliphatic carbocycles. The Bertz CT molecular complexity index is 503. The Labute approximate surface area is 142 Å². The zero-order valence-electron chi connectivity index (χ0n) is 10.1. The van der Waals surface area contributed by atoms with Gasteiger partial charge < -0.3 is 0 Å². The van der Waals surface area contributed by atoms with Gasteiger partial charge in [0.2, 0.25) is 0 Å². The van der Waals surface area contributed by atoms with Crippen LogP contribution in [-0.2, 0) is 0 Å². The van der Waals surface area contributed by atoms with E-state index in [0.717, 1.165) is 14.5 Å². The van der Waals surface area contributed by atoms with E-state index in [9.17, 15) is 4.79 Å². The van der Waals surface area contributed by atoms with Gasteiger partial charge in [-0.25, -0.2) is 0 Å². The van der Waals surface area contributed by atoms with Gasteiger partial charge in [0, 0.05) is 0 Å². The Hall–Kier alpha value is 0.745. The second kappa shape index (κ2) is 6.02. The van der Waals surface area contributed by atoms with Crippen molar-refractivity contribution in [3.63, 3.8) is 0 Å². The first-order chi connectivity index (χ1) is 8.12. The van der Waals surface area contributed by atoms with Gasteiger partial charge in [-0.2, -0.15) is 0 Å². The zero-order valence-corrected chi connectivity index (χ0v) is 16.4. The van der Waals surface area contributed by atoms with Crippen LogP contribution in [0.1, 0.15) is 36.7 Å². The molecule has 0 N–H and O–H groups in total. The molecular formula is C12H10BBr4O. The average Bonchev–Trinajstić information content (AvgIpc) is 2.26. The summed E-state index contributed by atoms with van der Waals surface area (Å²) in [6.45, 7) is 5.66. The Balaban J connectivity index is 3.68. The van der Waals surface area contributed by atoms with Gasteiger partial charge in [-0.15, -0.1) is 0 Å². The van der Waals surface area contributed by atoms with E-state index in [1.54, 1.807) is 0 Å².